The van der Waals surface area contributed by atoms with E-state index in [1.54, 1.807) is 11.8 Å². The molecule has 0 saturated carbocycles. The first kappa shape index (κ1) is 15.4. The molecular formula is C16H22N2O3. The summed E-state index contributed by atoms with van der Waals surface area (Å²) in [7, 11) is 0. The van der Waals surface area contributed by atoms with Crippen LogP contribution in [-0.2, 0) is 4.79 Å². The van der Waals surface area contributed by atoms with E-state index in [2.05, 4.69) is 5.32 Å². The lowest BCUT2D eigenvalue weighted by molar-refractivity contribution is -0.150. The molecule has 1 aliphatic rings. The molecule has 2 amide bonds. The molecule has 0 radical (unpaired) electrons. The number of rotatable bonds is 2. The maximum Gasteiger partial charge on any atom is 0.321 e. The van der Waals surface area contributed by atoms with Crippen LogP contribution < -0.4 is 5.32 Å². The number of likely N-dealkylation sites (tertiary alicyclic amines) is 1. The van der Waals surface area contributed by atoms with Crippen molar-refractivity contribution in [3.05, 3.63) is 29.3 Å². The normalized spacial score (nSPS) is 17.4. The van der Waals surface area contributed by atoms with Gasteiger partial charge >= 0.3 is 12.0 Å². The van der Waals surface area contributed by atoms with Gasteiger partial charge in [0.2, 0.25) is 0 Å². The van der Waals surface area contributed by atoms with Crippen LogP contribution in [0.3, 0.4) is 0 Å². The van der Waals surface area contributed by atoms with Crippen molar-refractivity contribution in [1.29, 1.82) is 0 Å². The molecule has 1 aromatic rings. The van der Waals surface area contributed by atoms with E-state index in [1.807, 2.05) is 32.0 Å². The number of aryl methyl sites for hydroxylation is 2. The number of carboxylic acid groups (broad SMARTS) is 1. The first-order valence-electron chi connectivity index (χ1n) is 7.18. The number of urea groups is 1. The monoisotopic (exact) mass is 290 g/mol. The lowest BCUT2D eigenvalue weighted by atomic mass is 9.80. The van der Waals surface area contributed by atoms with E-state index in [-0.39, 0.29) is 6.03 Å². The SMILES string of the molecule is Cc1ccc(NC(=O)N2CCC(C)(C(=O)O)CC2)cc1C. The highest BCUT2D eigenvalue weighted by atomic mass is 16.4. The molecule has 0 aliphatic carbocycles. The summed E-state index contributed by atoms with van der Waals surface area (Å²) < 4.78 is 0. The summed E-state index contributed by atoms with van der Waals surface area (Å²) >= 11 is 0. The van der Waals surface area contributed by atoms with E-state index < -0.39 is 11.4 Å². The summed E-state index contributed by atoms with van der Waals surface area (Å²) in [5, 5.41) is 12.1. The fraction of sp³-hybridized carbons (Fsp3) is 0.500. The maximum absolute atomic E-state index is 12.2. The van der Waals surface area contributed by atoms with E-state index in [4.69, 9.17) is 0 Å². The fourth-order valence-electron chi connectivity index (χ4n) is 2.44. The maximum atomic E-state index is 12.2. The van der Waals surface area contributed by atoms with E-state index in [0.717, 1.165) is 11.3 Å². The van der Waals surface area contributed by atoms with E-state index in [0.29, 0.717) is 25.9 Å². The minimum atomic E-state index is -0.781. The molecular weight excluding hydrogens is 268 g/mol. The second kappa shape index (κ2) is 5.76. The first-order valence-corrected chi connectivity index (χ1v) is 7.18. The fourth-order valence-corrected chi connectivity index (χ4v) is 2.44. The van der Waals surface area contributed by atoms with E-state index in [1.165, 1.54) is 5.56 Å². The molecule has 1 fully saturated rings. The molecule has 1 saturated heterocycles. The summed E-state index contributed by atoms with van der Waals surface area (Å²) in [6, 6.07) is 5.64. The minimum Gasteiger partial charge on any atom is -0.481 e. The van der Waals surface area contributed by atoms with Gasteiger partial charge in [-0.1, -0.05) is 6.07 Å². The van der Waals surface area contributed by atoms with Gasteiger partial charge in [0.15, 0.2) is 0 Å². The van der Waals surface area contributed by atoms with Crippen LogP contribution in [0.15, 0.2) is 18.2 Å². The van der Waals surface area contributed by atoms with Crippen molar-refractivity contribution in [1.82, 2.24) is 4.90 Å². The van der Waals surface area contributed by atoms with Crippen molar-refractivity contribution in [2.45, 2.75) is 33.6 Å². The van der Waals surface area contributed by atoms with E-state index in [9.17, 15) is 14.7 Å². The summed E-state index contributed by atoms with van der Waals surface area (Å²) in [5.74, 6) is -0.781. The van der Waals surface area contributed by atoms with Gasteiger partial charge in [0.05, 0.1) is 5.41 Å². The molecule has 0 atom stereocenters. The third kappa shape index (κ3) is 3.35. The Hall–Kier alpha value is -2.04. The number of hydrogen-bond acceptors (Lipinski definition) is 2. The number of amides is 2. The summed E-state index contributed by atoms with van der Waals surface area (Å²) in [6.45, 7) is 6.72. The molecule has 2 N–H and O–H groups in total. The molecule has 0 aromatic heterocycles. The second-order valence-electron chi connectivity index (χ2n) is 6.08. The first-order chi connectivity index (χ1) is 9.82. The topological polar surface area (TPSA) is 69.6 Å². The number of hydrogen-bond donors (Lipinski definition) is 2. The summed E-state index contributed by atoms with van der Waals surface area (Å²) in [5.41, 5.74) is 2.37. The third-order valence-electron chi connectivity index (χ3n) is 4.43. The van der Waals surface area contributed by atoms with Gasteiger partial charge in [0, 0.05) is 18.8 Å². The van der Waals surface area contributed by atoms with Crippen molar-refractivity contribution in [2.75, 3.05) is 18.4 Å². The highest BCUT2D eigenvalue weighted by Gasteiger charge is 2.38. The average Bonchev–Trinajstić information content (AvgIpc) is 2.43. The predicted molar refractivity (Wildman–Crippen MR) is 81.5 cm³/mol. The molecule has 21 heavy (non-hydrogen) atoms. The second-order valence-corrected chi connectivity index (χ2v) is 6.08. The summed E-state index contributed by atoms with van der Waals surface area (Å²) in [4.78, 5) is 25.1. The molecule has 0 spiro atoms. The number of piperidine rings is 1. The molecule has 114 valence electrons. The Morgan fingerprint density at radius 3 is 2.33 bits per heavy atom. The minimum absolute atomic E-state index is 0.161. The number of nitrogens with zero attached hydrogens (tertiary/aromatic N) is 1. The molecule has 0 bridgehead atoms. The van der Waals surface area contributed by atoms with Crippen LogP contribution in [-0.4, -0.2) is 35.1 Å². The largest absolute Gasteiger partial charge is 0.481 e. The lowest BCUT2D eigenvalue weighted by Gasteiger charge is -2.36. The standard InChI is InChI=1S/C16H22N2O3/c1-11-4-5-13(10-12(11)2)17-15(21)18-8-6-16(3,7-9-18)14(19)20/h4-5,10H,6-9H2,1-3H3,(H,17,21)(H,19,20). The zero-order chi connectivity index (χ0) is 15.6. The molecule has 2 rings (SSSR count). The number of nitrogens with one attached hydrogen (secondary N) is 1. The van der Waals surface area contributed by atoms with Gasteiger partial charge in [-0.25, -0.2) is 4.79 Å². The number of carbonyl (C=O) groups is 2. The average molecular weight is 290 g/mol. The number of anilines is 1. The van der Waals surface area contributed by atoms with Crippen molar-refractivity contribution >= 4 is 17.7 Å². The Labute approximate surface area is 125 Å². The number of carboxylic acids is 1. The van der Waals surface area contributed by atoms with E-state index >= 15 is 0 Å². The van der Waals surface area contributed by atoms with Gasteiger partial charge < -0.3 is 15.3 Å². The quantitative estimate of drug-likeness (QED) is 0.879. The number of aliphatic carboxylic acids is 1. The predicted octanol–water partition coefficient (Wildman–Crippen LogP) is 3.02. The third-order valence-corrected chi connectivity index (χ3v) is 4.43. The van der Waals surface area contributed by atoms with Crippen molar-refractivity contribution in [3.63, 3.8) is 0 Å². The van der Waals surface area contributed by atoms with Gasteiger partial charge in [-0.05, 0) is 56.9 Å². The Morgan fingerprint density at radius 2 is 1.81 bits per heavy atom. The Morgan fingerprint density at radius 1 is 1.19 bits per heavy atom. The molecule has 1 aliphatic heterocycles. The van der Waals surface area contributed by atoms with Gasteiger partial charge in [0.25, 0.3) is 0 Å². The van der Waals surface area contributed by atoms with Crippen LogP contribution >= 0.6 is 0 Å². The molecule has 0 unspecified atom stereocenters. The Kier molecular flexibility index (Phi) is 4.21. The van der Waals surface area contributed by atoms with Crippen molar-refractivity contribution in [2.24, 2.45) is 5.41 Å². The Bertz CT molecular complexity index is 561. The van der Waals surface area contributed by atoms with Crippen LogP contribution in [0.25, 0.3) is 0 Å². The van der Waals surface area contributed by atoms with Crippen molar-refractivity contribution < 1.29 is 14.7 Å². The molecule has 1 heterocycles. The van der Waals surface area contributed by atoms with Crippen LogP contribution in [0.1, 0.15) is 30.9 Å². The molecule has 5 heteroatoms. The van der Waals surface area contributed by atoms with Gasteiger partial charge in [-0.3, -0.25) is 4.79 Å². The lowest BCUT2D eigenvalue weighted by Crippen LogP contribution is -2.46. The Balaban J connectivity index is 1.96. The number of carbonyl (C=O) groups excluding carboxylic acids is 1. The van der Waals surface area contributed by atoms with Crippen LogP contribution in [0.5, 0.6) is 0 Å². The van der Waals surface area contributed by atoms with Crippen LogP contribution in [0.2, 0.25) is 0 Å². The zero-order valence-electron chi connectivity index (χ0n) is 12.8. The molecule has 5 nitrogen and oxygen atoms in total. The van der Waals surface area contributed by atoms with Gasteiger partial charge in [-0.2, -0.15) is 0 Å². The zero-order valence-corrected chi connectivity index (χ0v) is 12.8. The molecule has 1 aromatic carbocycles. The van der Waals surface area contributed by atoms with Gasteiger partial charge in [0.1, 0.15) is 0 Å². The highest BCUT2D eigenvalue weighted by molar-refractivity contribution is 5.89. The van der Waals surface area contributed by atoms with Crippen LogP contribution in [0, 0.1) is 19.3 Å². The van der Waals surface area contributed by atoms with Crippen LogP contribution in [0.4, 0.5) is 10.5 Å². The summed E-state index contributed by atoms with van der Waals surface area (Å²) in [6.07, 6.45) is 0.978. The van der Waals surface area contributed by atoms with Crippen molar-refractivity contribution in [3.8, 4) is 0 Å². The van der Waals surface area contributed by atoms with Gasteiger partial charge in [-0.15, -0.1) is 0 Å². The highest BCUT2D eigenvalue weighted by Crippen LogP contribution is 2.31. The smallest absolute Gasteiger partial charge is 0.321 e. The number of benzene rings is 1.